The molecule has 0 saturated carbocycles. The molecule has 9 heteroatoms. The highest BCUT2D eigenvalue weighted by Gasteiger charge is 2.31. The highest BCUT2D eigenvalue weighted by molar-refractivity contribution is 7.17. The highest BCUT2D eigenvalue weighted by Crippen LogP contribution is 2.38. The molecule has 1 aliphatic rings. The van der Waals surface area contributed by atoms with Gasteiger partial charge >= 0.3 is 12.1 Å². The lowest BCUT2D eigenvalue weighted by Crippen LogP contribution is -2.36. The number of fused-ring (bicyclic) bond motifs is 1. The van der Waals surface area contributed by atoms with Gasteiger partial charge in [0, 0.05) is 22.4 Å². The van der Waals surface area contributed by atoms with Crippen molar-refractivity contribution in [1.82, 2.24) is 4.90 Å². The molecule has 1 aliphatic heterocycles. The van der Waals surface area contributed by atoms with Crippen LogP contribution in [0.4, 0.5) is 9.80 Å². The van der Waals surface area contributed by atoms with E-state index in [0.717, 1.165) is 15.3 Å². The van der Waals surface area contributed by atoms with Crippen molar-refractivity contribution in [2.45, 2.75) is 26.8 Å². The van der Waals surface area contributed by atoms with E-state index in [-0.39, 0.29) is 18.6 Å². The molecule has 0 fully saturated rings. The average molecular weight is 435 g/mol. The number of hydrogen-bond acceptors (Lipinski definition) is 7. The van der Waals surface area contributed by atoms with E-state index in [1.54, 1.807) is 24.8 Å². The molecule has 29 heavy (non-hydrogen) atoms. The van der Waals surface area contributed by atoms with Crippen LogP contribution in [0.3, 0.4) is 0 Å². The Morgan fingerprint density at radius 3 is 2.72 bits per heavy atom. The molecule has 2 amide bonds. The zero-order chi connectivity index (χ0) is 20.8. The Bertz CT molecular complexity index is 918. The minimum atomic E-state index is -0.466. The molecule has 0 saturated heterocycles. The number of nitrogens with one attached hydrogen (secondary N) is 1. The van der Waals surface area contributed by atoms with Crippen molar-refractivity contribution in [3.05, 3.63) is 44.5 Å². The quantitative estimate of drug-likeness (QED) is 0.545. The third-order valence-electron chi connectivity index (χ3n) is 4.24. The summed E-state index contributed by atoms with van der Waals surface area (Å²) in [6.07, 6.45) is 3.28. The Hall–Kier alpha value is -2.65. The van der Waals surface area contributed by atoms with E-state index in [2.05, 4.69) is 5.32 Å². The summed E-state index contributed by atoms with van der Waals surface area (Å²) >= 11 is 2.82. The zero-order valence-electron chi connectivity index (χ0n) is 16.2. The van der Waals surface area contributed by atoms with Crippen LogP contribution in [0.1, 0.15) is 39.5 Å². The van der Waals surface area contributed by atoms with E-state index >= 15 is 0 Å². The molecule has 3 rings (SSSR count). The predicted octanol–water partition coefficient (Wildman–Crippen LogP) is 4.15. The van der Waals surface area contributed by atoms with Crippen LogP contribution in [0.15, 0.2) is 23.6 Å². The van der Waals surface area contributed by atoms with Crippen molar-refractivity contribution in [2.24, 2.45) is 0 Å². The van der Waals surface area contributed by atoms with E-state index in [1.165, 1.54) is 28.7 Å². The van der Waals surface area contributed by atoms with Crippen molar-refractivity contribution >= 4 is 51.7 Å². The molecule has 0 atom stereocenters. The van der Waals surface area contributed by atoms with Crippen molar-refractivity contribution in [3.63, 3.8) is 0 Å². The van der Waals surface area contributed by atoms with Gasteiger partial charge in [0.25, 0.3) is 0 Å². The second-order valence-corrected chi connectivity index (χ2v) is 8.22. The number of carbonyl (C=O) groups excluding carboxylic acids is 3. The Labute approximate surface area is 176 Å². The lowest BCUT2D eigenvalue weighted by atomic mass is 10.0. The Balaban J connectivity index is 1.83. The maximum Gasteiger partial charge on any atom is 0.410 e. The molecule has 3 heterocycles. The zero-order valence-corrected chi connectivity index (χ0v) is 17.9. The Morgan fingerprint density at radius 1 is 1.24 bits per heavy atom. The van der Waals surface area contributed by atoms with Crippen LogP contribution in [0.2, 0.25) is 0 Å². The minimum absolute atomic E-state index is 0.240. The first-order chi connectivity index (χ1) is 14.0. The first-order valence-electron chi connectivity index (χ1n) is 9.29. The maximum absolute atomic E-state index is 12.6. The molecule has 0 spiro atoms. The molecule has 0 aliphatic carbocycles. The molecular formula is C20H22N2O5S2. The number of thiophene rings is 2. The number of carbonyl (C=O) groups is 3. The van der Waals surface area contributed by atoms with Gasteiger partial charge in [0.1, 0.15) is 5.00 Å². The summed E-state index contributed by atoms with van der Waals surface area (Å²) in [4.78, 5) is 40.4. The van der Waals surface area contributed by atoms with Gasteiger partial charge in [0.15, 0.2) is 0 Å². The molecule has 0 aromatic carbocycles. The van der Waals surface area contributed by atoms with Crippen LogP contribution in [0.5, 0.6) is 0 Å². The van der Waals surface area contributed by atoms with Gasteiger partial charge in [-0.15, -0.1) is 22.7 Å². The summed E-state index contributed by atoms with van der Waals surface area (Å²) in [5, 5.41) is 5.17. The number of ether oxygens (including phenoxy) is 2. The summed E-state index contributed by atoms with van der Waals surface area (Å²) in [7, 11) is 0. The van der Waals surface area contributed by atoms with Crippen molar-refractivity contribution < 1.29 is 23.9 Å². The standard InChI is InChI=1S/C20H22N2O5S2/c1-3-26-19(24)17-14-9-10-22(20(25)27-4-2)12-15(14)29-18(17)21-16(23)8-7-13-6-5-11-28-13/h5-8,11H,3-4,9-10,12H2,1-2H3,(H,21,23)/b8-7+. The number of amides is 2. The summed E-state index contributed by atoms with van der Waals surface area (Å²) < 4.78 is 10.3. The first kappa shape index (κ1) is 21.1. The number of hydrogen-bond donors (Lipinski definition) is 1. The average Bonchev–Trinajstić information content (AvgIpc) is 3.33. The molecule has 2 aromatic rings. The van der Waals surface area contributed by atoms with Crippen LogP contribution in [0.25, 0.3) is 6.08 Å². The van der Waals surface area contributed by atoms with E-state index in [4.69, 9.17) is 9.47 Å². The second kappa shape index (κ2) is 9.71. The first-order valence-corrected chi connectivity index (χ1v) is 11.0. The molecule has 1 N–H and O–H groups in total. The highest BCUT2D eigenvalue weighted by atomic mass is 32.1. The van der Waals surface area contributed by atoms with E-state index in [9.17, 15) is 14.4 Å². The molecule has 0 bridgehead atoms. The molecule has 0 radical (unpaired) electrons. The smallest absolute Gasteiger partial charge is 0.410 e. The topological polar surface area (TPSA) is 84.9 Å². The maximum atomic E-state index is 12.6. The molecule has 7 nitrogen and oxygen atoms in total. The largest absolute Gasteiger partial charge is 0.462 e. The van der Waals surface area contributed by atoms with Crippen LogP contribution in [-0.4, -0.2) is 42.6 Å². The third-order valence-corrected chi connectivity index (χ3v) is 6.21. The number of anilines is 1. The second-order valence-electron chi connectivity index (χ2n) is 6.14. The summed E-state index contributed by atoms with van der Waals surface area (Å²) in [5.41, 5.74) is 1.21. The third kappa shape index (κ3) is 5.04. The summed E-state index contributed by atoms with van der Waals surface area (Å²) in [6.45, 7) is 4.82. The SMILES string of the molecule is CCOC(=O)c1c(NC(=O)/C=C/c2cccs2)sc2c1CCN(C(=O)OCC)C2. The van der Waals surface area contributed by atoms with Crippen LogP contribution >= 0.6 is 22.7 Å². The number of esters is 1. The fraction of sp³-hybridized carbons (Fsp3) is 0.350. The van der Waals surface area contributed by atoms with Crippen molar-refractivity contribution in [2.75, 3.05) is 25.1 Å². The van der Waals surface area contributed by atoms with Gasteiger partial charge in [-0.3, -0.25) is 4.79 Å². The van der Waals surface area contributed by atoms with Gasteiger partial charge in [0.05, 0.1) is 25.3 Å². The predicted molar refractivity (Wildman–Crippen MR) is 113 cm³/mol. The fourth-order valence-electron chi connectivity index (χ4n) is 2.98. The molecular weight excluding hydrogens is 412 g/mol. The summed E-state index contributed by atoms with van der Waals surface area (Å²) in [6, 6.07) is 3.82. The van der Waals surface area contributed by atoms with Gasteiger partial charge in [-0.05, 0) is 43.4 Å². The lowest BCUT2D eigenvalue weighted by molar-refractivity contribution is -0.111. The molecule has 0 unspecified atom stereocenters. The van der Waals surface area contributed by atoms with Gasteiger partial charge < -0.3 is 19.7 Å². The van der Waals surface area contributed by atoms with Crippen molar-refractivity contribution in [3.8, 4) is 0 Å². The number of rotatable bonds is 6. The lowest BCUT2D eigenvalue weighted by Gasteiger charge is -2.26. The number of nitrogens with zero attached hydrogens (tertiary/aromatic N) is 1. The van der Waals surface area contributed by atoms with E-state index in [1.807, 2.05) is 17.5 Å². The van der Waals surface area contributed by atoms with Gasteiger partial charge in [0.2, 0.25) is 5.91 Å². The van der Waals surface area contributed by atoms with Crippen LogP contribution < -0.4 is 5.32 Å². The monoisotopic (exact) mass is 434 g/mol. The van der Waals surface area contributed by atoms with E-state index < -0.39 is 5.97 Å². The summed E-state index contributed by atoms with van der Waals surface area (Å²) in [5.74, 6) is -0.795. The Kier molecular flexibility index (Phi) is 7.05. The minimum Gasteiger partial charge on any atom is -0.462 e. The molecule has 154 valence electrons. The van der Waals surface area contributed by atoms with Gasteiger partial charge in [-0.1, -0.05) is 6.07 Å². The fourth-order valence-corrected chi connectivity index (χ4v) is 4.85. The van der Waals surface area contributed by atoms with Crippen LogP contribution in [-0.2, 0) is 27.2 Å². The van der Waals surface area contributed by atoms with Gasteiger partial charge in [-0.25, -0.2) is 9.59 Å². The van der Waals surface area contributed by atoms with Crippen molar-refractivity contribution in [1.29, 1.82) is 0 Å². The van der Waals surface area contributed by atoms with Crippen LogP contribution in [0, 0.1) is 0 Å². The normalized spacial score (nSPS) is 13.2. The Morgan fingerprint density at radius 2 is 2.03 bits per heavy atom. The van der Waals surface area contributed by atoms with Gasteiger partial charge in [-0.2, -0.15) is 0 Å². The molecule has 2 aromatic heterocycles. The van der Waals surface area contributed by atoms with E-state index in [0.29, 0.717) is 36.7 Å².